The molecule has 5 heteroatoms. The second kappa shape index (κ2) is 4.74. The van der Waals surface area contributed by atoms with Crippen molar-refractivity contribution in [1.29, 1.82) is 0 Å². The van der Waals surface area contributed by atoms with Crippen LogP contribution in [0, 0.1) is 6.92 Å². The molecule has 2 aromatic heterocycles. The molecule has 0 bridgehead atoms. The number of rotatable bonds is 4. The van der Waals surface area contributed by atoms with Crippen LogP contribution in [0.3, 0.4) is 0 Å². The van der Waals surface area contributed by atoms with Crippen LogP contribution >= 0.6 is 0 Å². The van der Waals surface area contributed by atoms with E-state index in [1.807, 2.05) is 17.7 Å². The van der Waals surface area contributed by atoms with E-state index in [9.17, 15) is 0 Å². The van der Waals surface area contributed by atoms with Gasteiger partial charge < -0.3 is 9.88 Å². The Morgan fingerprint density at radius 1 is 1.25 bits per heavy atom. The molecule has 16 heavy (non-hydrogen) atoms. The quantitative estimate of drug-likeness (QED) is 0.845. The molecule has 0 saturated heterocycles. The fourth-order valence-corrected chi connectivity index (χ4v) is 1.41. The summed E-state index contributed by atoms with van der Waals surface area (Å²) < 4.78 is 2.04. The predicted molar refractivity (Wildman–Crippen MR) is 62.0 cm³/mol. The van der Waals surface area contributed by atoms with Crippen molar-refractivity contribution < 1.29 is 0 Å². The summed E-state index contributed by atoms with van der Waals surface area (Å²) >= 11 is 0. The molecule has 0 atom stereocenters. The standard InChI is InChI=1S/C11H15N5/c1-3-16-5-4-12-11(16)15-8-10-7-13-9(2)6-14-10/h4-7H,3,8H2,1-2H3,(H,12,15). The molecular weight excluding hydrogens is 202 g/mol. The maximum atomic E-state index is 4.27. The third-order valence-corrected chi connectivity index (χ3v) is 2.32. The molecule has 2 heterocycles. The zero-order chi connectivity index (χ0) is 11.4. The van der Waals surface area contributed by atoms with Crippen molar-refractivity contribution in [3.63, 3.8) is 0 Å². The van der Waals surface area contributed by atoms with Gasteiger partial charge in [0.25, 0.3) is 0 Å². The first kappa shape index (κ1) is 10.6. The summed E-state index contributed by atoms with van der Waals surface area (Å²) in [6, 6.07) is 0. The molecule has 2 aromatic rings. The highest BCUT2D eigenvalue weighted by Gasteiger charge is 2.00. The van der Waals surface area contributed by atoms with E-state index in [0.29, 0.717) is 6.54 Å². The Kier molecular flexibility index (Phi) is 3.14. The summed E-state index contributed by atoms with van der Waals surface area (Å²) in [5.41, 5.74) is 1.84. The number of nitrogens with one attached hydrogen (secondary N) is 1. The lowest BCUT2D eigenvalue weighted by atomic mass is 10.4. The molecule has 0 amide bonds. The van der Waals surface area contributed by atoms with Crippen molar-refractivity contribution in [2.45, 2.75) is 26.9 Å². The molecule has 0 spiro atoms. The SMILES string of the molecule is CCn1ccnc1NCc1cnc(C)cn1. The normalized spacial score (nSPS) is 10.4. The topological polar surface area (TPSA) is 55.6 Å². The zero-order valence-corrected chi connectivity index (χ0v) is 9.51. The lowest BCUT2D eigenvalue weighted by Gasteiger charge is -2.06. The molecule has 0 radical (unpaired) electrons. The summed E-state index contributed by atoms with van der Waals surface area (Å²) in [7, 11) is 0. The van der Waals surface area contributed by atoms with Crippen LogP contribution in [0.2, 0.25) is 0 Å². The Morgan fingerprint density at radius 3 is 2.81 bits per heavy atom. The molecule has 0 aliphatic rings. The number of aromatic nitrogens is 4. The fourth-order valence-electron chi connectivity index (χ4n) is 1.41. The minimum absolute atomic E-state index is 0.643. The smallest absolute Gasteiger partial charge is 0.203 e. The van der Waals surface area contributed by atoms with Crippen LogP contribution in [0.25, 0.3) is 0 Å². The molecule has 0 aromatic carbocycles. The van der Waals surface area contributed by atoms with Gasteiger partial charge in [0.2, 0.25) is 5.95 Å². The van der Waals surface area contributed by atoms with Gasteiger partial charge in [-0.05, 0) is 13.8 Å². The molecule has 0 unspecified atom stereocenters. The van der Waals surface area contributed by atoms with E-state index in [4.69, 9.17) is 0 Å². The van der Waals surface area contributed by atoms with E-state index >= 15 is 0 Å². The zero-order valence-electron chi connectivity index (χ0n) is 9.51. The van der Waals surface area contributed by atoms with Crippen LogP contribution in [0.15, 0.2) is 24.8 Å². The molecule has 0 saturated carbocycles. The second-order valence-electron chi connectivity index (χ2n) is 3.54. The molecule has 84 valence electrons. The van der Waals surface area contributed by atoms with Crippen molar-refractivity contribution in [3.8, 4) is 0 Å². The first-order chi connectivity index (χ1) is 7.79. The number of nitrogens with zero attached hydrogens (tertiary/aromatic N) is 4. The Labute approximate surface area is 94.6 Å². The van der Waals surface area contributed by atoms with Gasteiger partial charge in [0.05, 0.1) is 24.1 Å². The van der Waals surface area contributed by atoms with Crippen LogP contribution in [-0.2, 0) is 13.1 Å². The minimum atomic E-state index is 0.643. The molecule has 5 nitrogen and oxygen atoms in total. The van der Waals surface area contributed by atoms with Crippen LogP contribution in [0.4, 0.5) is 5.95 Å². The van der Waals surface area contributed by atoms with Crippen molar-refractivity contribution in [1.82, 2.24) is 19.5 Å². The summed E-state index contributed by atoms with van der Waals surface area (Å²) in [4.78, 5) is 12.7. The average molecular weight is 217 g/mol. The fraction of sp³-hybridized carbons (Fsp3) is 0.364. The Balaban J connectivity index is 1.99. The highest BCUT2D eigenvalue weighted by molar-refractivity contribution is 5.26. The molecule has 1 N–H and O–H groups in total. The molecule has 0 fully saturated rings. The summed E-state index contributed by atoms with van der Waals surface area (Å²) in [5.74, 6) is 0.866. The van der Waals surface area contributed by atoms with E-state index in [-0.39, 0.29) is 0 Å². The lowest BCUT2D eigenvalue weighted by molar-refractivity contribution is 0.761. The lowest BCUT2D eigenvalue weighted by Crippen LogP contribution is -2.07. The molecule has 0 aliphatic heterocycles. The minimum Gasteiger partial charge on any atom is -0.350 e. The third-order valence-electron chi connectivity index (χ3n) is 2.32. The summed E-state index contributed by atoms with van der Waals surface area (Å²) in [6.45, 7) is 5.55. The largest absolute Gasteiger partial charge is 0.350 e. The second-order valence-corrected chi connectivity index (χ2v) is 3.54. The molecule has 0 aliphatic carbocycles. The predicted octanol–water partition coefficient (Wildman–Crippen LogP) is 1.61. The van der Waals surface area contributed by atoms with Crippen molar-refractivity contribution >= 4 is 5.95 Å². The van der Waals surface area contributed by atoms with Gasteiger partial charge in [-0.1, -0.05) is 0 Å². The van der Waals surface area contributed by atoms with Crippen LogP contribution in [0.5, 0.6) is 0 Å². The first-order valence-corrected chi connectivity index (χ1v) is 5.32. The van der Waals surface area contributed by atoms with Gasteiger partial charge in [0.15, 0.2) is 0 Å². The monoisotopic (exact) mass is 217 g/mol. The highest BCUT2D eigenvalue weighted by atomic mass is 15.2. The first-order valence-electron chi connectivity index (χ1n) is 5.32. The summed E-state index contributed by atoms with van der Waals surface area (Å²) in [5, 5.41) is 3.23. The van der Waals surface area contributed by atoms with Crippen molar-refractivity contribution in [3.05, 3.63) is 36.2 Å². The van der Waals surface area contributed by atoms with Crippen LogP contribution in [0.1, 0.15) is 18.3 Å². The highest BCUT2D eigenvalue weighted by Crippen LogP contribution is 2.05. The Hall–Kier alpha value is -1.91. The molecule has 2 rings (SSSR count). The third kappa shape index (κ3) is 2.36. The van der Waals surface area contributed by atoms with E-state index in [0.717, 1.165) is 23.9 Å². The Bertz CT molecular complexity index is 446. The maximum absolute atomic E-state index is 4.27. The van der Waals surface area contributed by atoms with Gasteiger partial charge >= 0.3 is 0 Å². The van der Waals surface area contributed by atoms with Gasteiger partial charge in [-0.25, -0.2) is 4.98 Å². The van der Waals surface area contributed by atoms with E-state index in [2.05, 4.69) is 27.2 Å². The van der Waals surface area contributed by atoms with Gasteiger partial charge in [-0.2, -0.15) is 0 Å². The van der Waals surface area contributed by atoms with Gasteiger partial charge in [-0.15, -0.1) is 0 Å². The summed E-state index contributed by atoms with van der Waals surface area (Å²) in [6.07, 6.45) is 7.28. The average Bonchev–Trinajstić information content (AvgIpc) is 2.76. The number of hydrogen-bond acceptors (Lipinski definition) is 4. The van der Waals surface area contributed by atoms with E-state index in [1.165, 1.54) is 0 Å². The maximum Gasteiger partial charge on any atom is 0.203 e. The van der Waals surface area contributed by atoms with E-state index < -0.39 is 0 Å². The Morgan fingerprint density at radius 2 is 2.12 bits per heavy atom. The van der Waals surface area contributed by atoms with Crippen molar-refractivity contribution in [2.75, 3.05) is 5.32 Å². The van der Waals surface area contributed by atoms with Gasteiger partial charge in [-0.3, -0.25) is 9.97 Å². The van der Waals surface area contributed by atoms with Gasteiger partial charge in [0, 0.05) is 25.1 Å². The number of anilines is 1. The number of imidazole rings is 1. The van der Waals surface area contributed by atoms with Crippen LogP contribution in [-0.4, -0.2) is 19.5 Å². The molecular formula is C11H15N5. The van der Waals surface area contributed by atoms with Crippen molar-refractivity contribution in [2.24, 2.45) is 0 Å². The number of hydrogen-bond donors (Lipinski definition) is 1. The van der Waals surface area contributed by atoms with Crippen LogP contribution < -0.4 is 5.32 Å². The number of aryl methyl sites for hydroxylation is 2. The van der Waals surface area contributed by atoms with E-state index in [1.54, 1.807) is 18.6 Å². The van der Waals surface area contributed by atoms with Gasteiger partial charge in [0.1, 0.15) is 0 Å².